The predicted octanol–water partition coefficient (Wildman–Crippen LogP) is 4.20. The Morgan fingerprint density at radius 1 is 1.29 bits per heavy atom. The highest BCUT2D eigenvalue weighted by Gasteiger charge is 2.09. The van der Waals surface area contributed by atoms with E-state index in [2.05, 4.69) is 20.5 Å². The first-order valence-electron chi connectivity index (χ1n) is 7.14. The Morgan fingerprint density at radius 2 is 2.12 bits per heavy atom. The number of rotatable bonds is 8. The number of nitrogens with one attached hydrogen (secondary N) is 1. The summed E-state index contributed by atoms with van der Waals surface area (Å²) in [4.78, 5) is 4.49. The quantitative estimate of drug-likeness (QED) is 0.462. The fraction of sp³-hybridized carbons (Fsp3) is 0.267. The zero-order valence-corrected chi connectivity index (χ0v) is 15.2. The molecule has 0 saturated carbocycles. The van der Waals surface area contributed by atoms with Gasteiger partial charge in [-0.25, -0.2) is 4.98 Å². The zero-order valence-electron chi connectivity index (χ0n) is 12.9. The third kappa shape index (κ3) is 4.70. The van der Waals surface area contributed by atoms with Crippen LogP contribution in [0, 0.1) is 0 Å². The second-order valence-electron chi connectivity index (χ2n) is 4.73. The molecular formula is C15H15ClN4O2S2. The monoisotopic (exact) mass is 382 g/mol. The maximum absolute atomic E-state index is 5.89. The minimum Gasteiger partial charge on any atom is -0.444 e. The summed E-state index contributed by atoms with van der Waals surface area (Å²) in [6.45, 7) is 1.35. The highest BCUT2D eigenvalue weighted by atomic mass is 35.5. The molecule has 0 atom stereocenters. The van der Waals surface area contributed by atoms with Gasteiger partial charge in [-0.05, 0) is 24.3 Å². The van der Waals surface area contributed by atoms with Crippen molar-refractivity contribution in [3.05, 3.63) is 41.2 Å². The molecule has 9 heteroatoms. The summed E-state index contributed by atoms with van der Waals surface area (Å²) >= 11 is 8.97. The van der Waals surface area contributed by atoms with E-state index in [1.54, 1.807) is 25.1 Å². The van der Waals surface area contributed by atoms with Gasteiger partial charge >= 0.3 is 0 Å². The minimum absolute atomic E-state index is 0.585. The van der Waals surface area contributed by atoms with Gasteiger partial charge in [0.05, 0.1) is 12.3 Å². The number of nitrogens with zero attached hydrogens (tertiary/aromatic N) is 3. The molecule has 0 spiro atoms. The van der Waals surface area contributed by atoms with Gasteiger partial charge in [0, 0.05) is 30.0 Å². The van der Waals surface area contributed by atoms with Gasteiger partial charge in [-0.15, -0.1) is 10.2 Å². The van der Waals surface area contributed by atoms with Crippen LogP contribution in [-0.2, 0) is 10.5 Å². The number of oxazole rings is 1. The van der Waals surface area contributed by atoms with Crippen LogP contribution in [0.4, 0.5) is 5.13 Å². The molecule has 2 aromatic heterocycles. The highest BCUT2D eigenvalue weighted by Crippen LogP contribution is 2.29. The molecule has 3 rings (SSSR count). The Morgan fingerprint density at radius 3 is 2.92 bits per heavy atom. The van der Waals surface area contributed by atoms with Crippen molar-refractivity contribution in [1.82, 2.24) is 15.2 Å². The fourth-order valence-electron chi connectivity index (χ4n) is 1.83. The standard InChI is InChI=1S/C15H15ClN4O2S2/c1-21-7-6-17-14-19-20-15(24-14)23-9-12-8-22-13(18-12)10-2-4-11(16)5-3-10/h2-5,8H,6-7,9H2,1H3,(H,17,19). The van der Waals surface area contributed by atoms with Crippen LogP contribution < -0.4 is 5.32 Å². The maximum Gasteiger partial charge on any atom is 0.226 e. The van der Waals surface area contributed by atoms with Crippen LogP contribution in [0.5, 0.6) is 0 Å². The van der Waals surface area contributed by atoms with Gasteiger partial charge in [0.15, 0.2) is 4.34 Å². The lowest BCUT2D eigenvalue weighted by molar-refractivity contribution is 0.211. The average Bonchev–Trinajstić information content (AvgIpc) is 3.23. The number of halogens is 1. The van der Waals surface area contributed by atoms with E-state index in [1.807, 2.05) is 24.3 Å². The summed E-state index contributed by atoms with van der Waals surface area (Å²) in [6.07, 6.45) is 1.66. The molecule has 126 valence electrons. The van der Waals surface area contributed by atoms with Gasteiger partial charge in [0.1, 0.15) is 6.26 Å². The first-order chi connectivity index (χ1) is 11.7. The van der Waals surface area contributed by atoms with E-state index in [-0.39, 0.29) is 0 Å². The number of hydrogen-bond acceptors (Lipinski definition) is 8. The molecule has 3 aromatic rings. The fourth-order valence-corrected chi connectivity index (χ4v) is 3.61. The molecule has 0 aliphatic rings. The van der Waals surface area contributed by atoms with E-state index in [9.17, 15) is 0 Å². The number of aromatic nitrogens is 3. The first kappa shape index (κ1) is 17.2. The molecule has 0 fully saturated rings. The van der Waals surface area contributed by atoms with Gasteiger partial charge in [-0.2, -0.15) is 0 Å². The zero-order chi connectivity index (χ0) is 16.8. The van der Waals surface area contributed by atoms with Crippen molar-refractivity contribution >= 4 is 39.8 Å². The molecule has 0 aliphatic heterocycles. The summed E-state index contributed by atoms with van der Waals surface area (Å²) in [5.74, 6) is 1.26. The third-order valence-electron chi connectivity index (χ3n) is 2.98. The Labute approximate surface area is 152 Å². The average molecular weight is 383 g/mol. The van der Waals surface area contributed by atoms with Gasteiger partial charge < -0.3 is 14.5 Å². The second-order valence-corrected chi connectivity index (χ2v) is 7.37. The molecule has 0 aliphatic carbocycles. The Balaban J connectivity index is 1.54. The minimum atomic E-state index is 0.585. The van der Waals surface area contributed by atoms with Crippen LogP contribution in [0.25, 0.3) is 11.5 Å². The number of hydrogen-bond donors (Lipinski definition) is 1. The summed E-state index contributed by atoms with van der Waals surface area (Å²) in [6, 6.07) is 7.39. The lowest BCUT2D eigenvalue weighted by Crippen LogP contribution is -2.06. The number of anilines is 1. The molecule has 1 aromatic carbocycles. The van der Waals surface area contributed by atoms with Crippen molar-refractivity contribution in [3.8, 4) is 11.5 Å². The molecular weight excluding hydrogens is 368 g/mol. The molecule has 6 nitrogen and oxygen atoms in total. The number of thioether (sulfide) groups is 1. The summed E-state index contributed by atoms with van der Waals surface area (Å²) < 4.78 is 11.4. The molecule has 0 unspecified atom stereocenters. The van der Waals surface area contributed by atoms with Crippen LogP contribution in [-0.4, -0.2) is 35.4 Å². The van der Waals surface area contributed by atoms with E-state index in [4.69, 9.17) is 20.8 Å². The number of methoxy groups -OCH3 is 1. The summed E-state index contributed by atoms with van der Waals surface area (Å²) in [7, 11) is 1.67. The van der Waals surface area contributed by atoms with Crippen molar-refractivity contribution in [3.63, 3.8) is 0 Å². The van der Waals surface area contributed by atoms with Crippen LogP contribution >= 0.6 is 34.7 Å². The SMILES string of the molecule is COCCNc1nnc(SCc2coc(-c3ccc(Cl)cc3)n2)s1. The van der Waals surface area contributed by atoms with Gasteiger partial charge in [-0.1, -0.05) is 34.7 Å². The largest absolute Gasteiger partial charge is 0.444 e. The van der Waals surface area contributed by atoms with Crippen molar-refractivity contribution in [2.24, 2.45) is 0 Å². The third-order valence-corrected chi connectivity index (χ3v) is 5.28. The van der Waals surface area contributed by atoms with E-state index < -0.39 is 0 Å². The van der Waals surface area contributed by atoms with Gasteiger partial charge in [0.25, 0.3) is 0 Å². The molecule has 1 N–H and O–H groups in total. The molecule has 0 radical (unpaired) electrons. The molecule has 0 saturated heterocycles. The van der Waals surface area contributed by atoms with Crippen LogP contribution in [0.15, 0.2) is 39.3 Å². The molecule has 0 bridgehead atoms. The van der Waals surface area contributed by atoms with Crippen molar-refractivity contribution in [1.29, 1.82) is 0 Å². The lowest BCUT2D eigenvalue weighted by Gasteiger charge is -1.98. The van der Waals surface area contributed by atoms with Crippen molar-refractivity contribution in [2.75, 3.05) is 25.6 Å². The second kappa shape index (κ2) is 8.48. The summed E-state index contributed by atoms with van der Waals surface area (Å²) in [5, 5.41) is 12.9. The molecule has 0 amide bonds. The van der Waals surface area contributed by atoms with Gasteiger partial charge in [0.2, 0.25) is 11.0 Å². The van der Waals surface area contributed by atoms with E-state index in [1.165, 1.54) is 11.3 Å². The first-order valence-corrected chi connectivity index (χ1v) is 9.32. The smallest absolute Gasteiger partial charge is 0.226 e. The van der Waals surface area contributed by atoms with Crippen LogP contribution in [0.2, 0.25) is 5.02 Å². The van der Waals surface area contributed by atoms with Crippen LogP contribution in [0.3, 0.4) is 0 Å². The summed E-state index contributed by atoms with van der Waals surface area (Å²) in [5.41, 5.74) is 1.75. The van der Waals surface area contributed by atoms with Crippen molar-refractivity contribution in [2.45, 2.75) is 10.1 Å². The number of benzene rings is 1. The van der Waals surface area contributed by atoms with Crippen molar-refractivity contribution < 1.29 is 9.15 Å². The molecule has 24 heavy (non-hydrogen) atoms. The van der Waals surface area contributed by atoms with E-state index in [0.717, 1.165) is 20.7 Å². The van der Waals surface area contributed by atoms with E-state index >= 15 is 0 Å². The molecule has 2 heterocycles. The Hall–Kier alpha value is -1.61. The maximum atomic E-state index is 5.89. The number of ether oxygens (including phenoxy) is 1. The highest BCUT2D eigenvalue weighted by molar-refractivity contribution is 8.00. The Bertz CT molecular complexity index is 776. The Kier molecular flexibility index (Phi) is 6.08. The lowest BCUT2D eigenvalue weighted by atomic mass is 10.2. The topological polar surface area (TPSA) is 73.1 Å². The van der Waals surface area contributed by atoms with Gasteiger partial charge in [-0.3, -0.25) is 0 Å². The van der Waals surface area contributed by atoms with E-state index in [0.29, 0.717) is 29.8 Å². The normalized spacial score (nSPS) is 10.9. The predicted molar refractivity (Wildman–Crippen MR) is 96.8 cm³/mol. The van der Waals surface area contributed by atoms with Crippen LogP contribution in [0.1, 0.15) is 5.69 Å².